The van der Waals surface area contributed by atoms with Gasteiger partial charge in [0.05, 0.1) is 13.0 Å². The zero-order chi connectivity index (χ0) is 15.8. The molecule has 0 spiro atoms. The van der Waals surface area contributed by atoms with E-state index in [1.165, 1.54) is 4.90 Å². The number of amides is 2. The Balaban J connectivity index is 2.47. The maximum atomic E-state index is 12.0. The number of carbonyl (C=O) groups excluding carboxylic acids is 2. The van der Waals surface area contributed by atoms with Gasteiger partial charge in [0.15, 0.2) is 0 Å². The highest BCUT2D eigenvalue weighted by atomic mass is 16.5. The van der Waals surface area contributed by atoms with Gasteiger partial charge in [-0.25, -0.2) is 9.59 Å². The molecule has 21 heavy (non-hydrogen) atoms. The number of piperidine rings is 1. The molecule has 2 unspecified atom stereocenters. The largest absolute Gasteiger partial charge is 0.480 e. The summed E-state index contributed by atoms with van der Waals surface area (Å²) in [4.78, 5) is 35.9. The Morgan fingerprint density at radius 2 is 2.05 bits per heavy atom. The lowest BCUT2D eigenvalue weighted by Crippen LogP contribution is -2.53. The molecule has 1 aliphatic rings. The molecular weight excluding hydrogens is 276 g/mol. The van der Waals surface area contributed by atoms with Crippen LogP contribution in [0.4, 0.5) is 4.79 Å². The number of nitrogens with zero attached hydrogens (tertiary/aromatic N) is 1. The predicted octanol–water partition coefficient (Wildman–Crippen LogP) is 1.22. The van der Waals surface area contributed by atoms with Gasteiger partial charge in [0.1, 0.15) is 6.04 Å². The van der Waals surface area contributed by atoms with Gasteiger partial charge < -0.3 is 20.1 Å². The van der Waals surface area contributed by atoms with Gasteiger partial charge in [-0.1, -0.05) is 13.3 Å². The SMILES string of the molecule is CCOC(=O)CCNC(=O)N1CCC(CC)CC1C(=O)O. The lowest BCUT2D eigenvalue weighted by atomic mass is 9.89. The van der Waals surface area contributed by atoms with E-state index in [9.17, 15) is 19.5 Å². The van der Waals surface area contributed by atoms with E-state index in [1.54, 1.807) is 6.92 Å². The normalized spacial score (nSPS) is 21.7. The predicted molar refractivity (Wildman–Crippen MR) is 75.8 cm³/mol. The van der Waals surface area contributed by atoms with E-state index in [0.29, 0.717) is 25.5 Å². The first kappa shape index (κ1) is 17.3. The summed E-state index contributed by atoms with van der Waals surface area (Å²) in [5.41, 5.74) is 0. The zero-order valence-corrected chi connectivity index (χ0v) is 12.6. The molecule has 0 aromatic heterocycles. The first-order chi connectivity index (χ1) is 9.99. The maximum Gasteiger partial charge on any atom is 0.326 e. The Morgan fingerprint density at radius 3 is 2.62 bits per heavy atom. The van der Waals surface area contributed by atoms with Crippen LogP contribution in [0.5, 0.6) is 0 Å². The van der Waals surface area contributed by atoms with E-state index < -0.39 is 18.0 Å². The van der Waals surface area contributed by atoms with Crippen LogP contribution in [0.15, 0.2) is 0 Å². The molecule has 7 nitrogen and oxygen atoms in total. The molecule has 1 saturated heterocycles. The van der Waals surface area contributed by atoms with E-state index in [4.69, 9.17) is 4.74 Å². The Hall–Kier alpha value is -1.79. The molecule has 2 amide bonds. The molecule has 0 aromatic rings. The van der Waals surface area contributed by atoms with Crippen molar-refractivity contribution in [1.82, 2.24) is 10.2 Å². The topological polar surface area (TPSA) is 95.9 Å². The fourth-order valence-electron chi connectivity index (χ4n) is 2.49. The number of nitrogens with one attached hydrogen (secondary N) is 1. The molecule has 0 bridgehead atoms. The van der Waals surface area contributed by atoms with Crippen LogP contribution in [-0.2, 0) is 14.3 Å². The fraction of sp³-hybridized carbons (Fsp3) is 0.786. The van der Waals surface area contributed by atoms with E-state index in [-0.39, 0.29) is 18.9 Å². The number of aliphatic carboxylic acids is 1. The molecular formula is C14H24N2O5. The van der Waals surface area contributed by atoms with Gasteiger partial charge >= 0.3 is 18.0 Å². The molecule has 0 aromatic carbocycles. The van der Waals surface area contributed by atoms with Crippen molar-refractivity contribution in [3.8, 4) is 0 Å². The fourth-order valence-corrected chi connectivity index (χ4v) is 2.49. The van der Waals surface area contributed by atoms with Gasteiger partial charge in [-0.15, -0.1) is 0 Å². The molecule has 0 radical (unpaired) electrons. The average molecular weight is 300 g/mol. The number of likely N-dealkylation sites (tertiary alicyclic amines) is 1. The van der Waals surface area contributed by atoms with Crippen LogP contribution < -0.4 is 5.32 Å². The number of ether oxygens (including phenoxy) is 1. The van der Waals surface area contributed by atoms with E-state index in [1.807, 2.05) is 6.92 Å². The van der Waals surface area contributed by atoms with Crippen molar-refractivity contribution in [2.45, 2.75) is 45.6 Å². The van der Waals surface area contributed by atoms with Crippen molar-refractivity contribution in [2.24, 2.45) is 5.92 Å². The summed E-state index contributed by atoms with van der Waals surface area (Å²) in [6, 6.07) is -1.22. The summed E-state index contributed by atoms with van der Waals surface area (Å²) in [5.74, 6) is -1.01. The molecule has 7 heteroatoms. The lowest BCUT2D eigenvalue weighted by Gasteiger charge is -2.36. The molecule has 1 fully saturated rings. The smallest absolute Gasteiger partial charge is 0.326 e. The highest BCUT2D eigenvalue weighted by Crippen LogP contribution is 2.25. The summed E-state index contributed by atoms with van der Waals surface area (Å²) < 4.78 is 4.76. The van der Waals surface area contributed by atoms with Crippen LogP contribution >= 0.6 is 0 Å². The molecule has 1 heterocycles. The number of rotatable bonds is 6. The lowest BCUT2D eigenvalue weighted by molar-refractivity contribution is -0.144. The highest BCUT2D eigenvalue weighted by Gasteiger charge is 2.35. The Labute approximate surface area is 124 Å². The molecule has 2 N–H and O–H groups in total. The third kappa shape index (κ3) is 5.24. The maximum absolute atomic E-state index is 12.0. The van der Waals surface area contributed by atoms with Gasteiger partial charge in [0.2, 0.25) is 0 Å². The monoisotopic (exact) mass is 300 g/mol. The standard InChI is InChI=1S/C14H24N2O5/c1-3-10-6-8-16(11(9-10)13(18)19)14(20)15-7-5-12(17)21-4-2/h10-11H,3-9H2,1-2H3,(H,15,20)(H,18,19). The first-order valence-electron chi connectivity index (χ1n) is 7.42. The quantitative estimate of drug-likeness (QED) is 0.719. The van der Waals surface area contributed by atoms with Gasteiger partial charge in [0, 0.05) is 13.1 Å². The molecule has 2 atom stereocenters. The van der Waals surface area contributed by atoms with Crippen molar-refractivity contribution in [2.75, 3.05) is 19.7 Å². The second-order valence-electron chi connectivity index (χ2n) is 5.13. The van der Waals surface area contributed by atoms with Gasteiger partial charge in [-0.2, -0.15) is 0 Å². The second kappa shape index (κ2) is 8.49. The summed E-state index contributed by atoms with van der Waals surface area (Å²) in [6.07, 6.45) is 2.30. The van der Waals surface area contributed by atoms with Crippen LogP contribution in [0.3, 0.4) is 0 Å². The average Bonchev–Trinajstić information content (AvgIpc) is 2.46. The van der Waals surface area contributed by atoms with E-state index in [2.05, 4.69) is 5.32 Å². The Bertz CT molecular complexity index is 386. The molecule has 1 aliphatic heterocycles. The van der Waals surface area contributed by atoms with Gasteiger partial charge in [-0.05, 0) is 25.7 Å². The number of hydrogen-bond acceptors (Lipinski definition) is 4. The minimum absolute atomic E-state index is 0.0861. The third-order valence-corrected chi connectivity index (χ3v) is 3.75. The number of hydrogen-bond donors (Lipinski definition) is 2. The summed E-state index contributed by atoms with van der Waals surface area (Å²) in [7, 11) is 0. The van der Waals surface area contributed by atoms with Crippen LogP contribution in [0, 0.1) is 5.92 Å². The number of carboxylic acid groups (broad SMARTS) is 1. The van der Waals surface area contributed by atoms with Crippen LogP contribution in [0.1, 0.15) is 39.5 Å². The number of carboxylic acids is 1. The minimum atomic E-state index is -0.978. The van der Waals surface area contributed by atoms with Crippen molar-refractivity contribution < 1.29 is 24.2 Å². The Morgan fingerprint density at radius 1 is 1.33 bits per heavy atom. The van der Waals surface area contributed by atoms with Crippen molar-refractivity contribution in [1.29, 1.82) is 0 Å². The van der Waals surface area contributed by atoms with Crippen LogP contribution in [0.2, 0.25) is 0 Å². The van der Waals surface area contributed by atoms with Crippen molar-refractivity contribution in [3.05, 3.63) is 0 Å². The van der Waals surface area contributed by atoms with Crippen molar-refractivity contribution in [3.63, 3.8) is 0 Å². The molecule has 0 saturated carbocycles. The van der Waals surface area contributed by atoms with Crippen molar-refractivity contribution >= 4 is 18.0 Å². The number of esters is 1. The molecule has 120 valence electrons. The summed E-state index contributed by atoms with van der Waals surface area (Å²) >= 11 is 0. The third-order valence-electron chi connectivity index (χ3n) is 3.75. The Kier molecular flexibility index (Phi) is 6.98. The first-order valence-corrected chi connectivity index (χ1v) is 7.42. The molecule has 0 aliphatic carbocycles. The van der Waals surface area contributed by atoms with Gasteiger partial charge in [-0.3, -0.25) is 4.79 Å². The van der Waals surface area contributed by atoms with E-state index in [0.717, 1.165) is 12.8 Å². The summed E-state index contributed by atoms with van der Waals surface area (Å²) in [5, 5.41) is 11.8. The van der Waals surface area contributed by atoms with Crippen LogP contribution in [0.25, 0.3) is 0 Å². The second-order valence-corrected chi connectivity index (χ2v) is 5.13. The highest BCUT2D eigenvalue weighted by molar-refractivity contribution is 5.83. The van der Waals surface area contributed by atoms with Gasteiger partial charge in [0.25, 0.3) is 0 Å². The minimum Gasteiger partial charge on any atom is -0.480 e. The molecule has 1 rings (SSSR count). The number of carbonyl (C=O) groups is 3. The van der Waals surface area contributed by atoms with Crippen LogP contribution in [-0.4, -0.2) is 53.7 Å². The number of urea groups is 1. The van der Waals surface area contributed by atoms with E-state index >= 15 is 0 Å². The summed E-state index contributed by atoms with van der Waals surface area (Å²) in [6.45, 7) is 4.63. The zero-order valence-electron chi connectivity index (χ0n) is 12.6.